The third-order valence-corrected chi connectivity index (χ3v) is 6.99. The molecule has 0 aromatic heterocycles. The molecule has 2 saturated heterocycles. The molecule has 3 aliphatic rings. The first-order chi connectivity index (χ1) is 15.9. The van der Waals surface area contributed by atoms with Crippen LogP contribution in [0.15, 0.2) is 4.99 Å². The first kappa shape index (κ1) is 25.2. The number of nitriles is 1. The summed E-state index contributed by atoms with van der Waals surface area (Å²) in [6, 6.07) is 1.67. The maximum absolute atomic E-state index is 13.5. The number of morpholine rings is 1. The number of aliphatic imine (C=N–C) groups is 1. The first-order valence-electron chi connectivity index (χ1n) is 12.1. The monoisotopic (exact) mass is 462 g/mol. The average molecular weight is 463 g/mol. The van der Waals surface area contributed by atoms with Crippen LogP contribution in [-0.4, -0.2) is 92.9 Å². The van der Waals surface area contributed by atoms with Crippen LogP contribution in [0.1, 0.15) is 51.4 Å². The Hall–Kier alpha value is -2.38. The van der Waals surface area contributed by atoms with Gasteiger partial charge in [0.05, 0.1) is 26.4 Å². The molecule has 1 aliphatic carbocycles. The van der Waals surface area contributed by atoms with Crippen molar-refractivity contribution in [1.82, 2.24) is 20.4 Å². The van der Waals surface area contributed by atoms with Gasteiger partial charge in [-0.15, -0.1) is 0 Å². The summed E-state index contributed by atoms with van der Waals surface area (Å²) in [5.41, 5.74) is -0.876. The summed E-state index contributed by atoms with van der Waals surface area (Å²) in [6.45, 7) is 3.68. The summed E-state index contributed by atoms with van der Waals surface area (Å²) < 4.78 is 10.2. The van der Waals surface area contributed by atoms with Crippen LogP contribution in [0.3, 0.4) is 0 Å². The van der Waals surface area contributed by atoms with E-state index in [0.717, 1.165) is 38.8 Å². The Kier molecular flexibility index (Phi) is 9.32. The van der Waals surface area contributed by atoms with Gasteiger partial charge in [0.15, 0.2) is 0 Å². The van der Waals surface area contributed by atoms with Gasteiger partial charge in [0.25, 0.3) is 0 Å². The molecule has 1 saturated carbocycles. The molecule has 10 nitrogen and oxygen atoms in total. The van der Waals surface area contributed by atoms with Crippen molar-refractivity contribution in [1.29, 1.82) is 5.26 Å². The molecule has 33 heavy (non-hydrogen) atoms. The zero-order chi connectivity index (χ0) is 23.7. The summed E-state index contributed by atoms with van der Waals surface area (Å²) in [7, 11) is 3.32. The molecule has 2 aliphatic heterocycles. The lowest BCUT2D eigenvalue weighted by molar-refractivity contribution is -0.124. The number of hydrogen-bond donors (Lipinski definition) is 2. The maximum Gasteiger partial charge on any atom is 0.413 e. The van der Waals surface area contributed by atoms with Crippen molar-refractivity contribution in [2.75, 3.05) is 53.6 Å². The first-order valence-corrected chi connectivity index (χ1v) is 12.1. The number of nitrogens with zero attached hydrogens (tertiary/aromatic N) is 4. The second kappa shape index (κ2) is 12.2. The number of guanidine groups is 1. The van der Waals surface area contributed by atoms with Gasteiger partial charge in [-0.1, -0.05) is 32.1 Å². The molecular formula is C23H38N6O4. The predicted octanol–water partition coefficient (Wildman–Crippen LogP) is 1.47. The van der Waals surface area contributed by atoms with Gasteiger partial charge in [0, 0.05) is 26.2 Å². The zero-order valence-corrected chi connectivity index (χ0v) is 20.0. The summed E-state index contributed by atoms with van der Waals surface area (Å²) in [6.07, 6.45) is 6.84. The number of carbonyl (C=O) groups is 2. The molecule has 2 N–H and O–H groups in total. The normalized spacial score (nSPS) is 23.3. The second-order valence-electron chi connectivity index (χ2n) is 9.41. The highest BCUT2D eigenvalue weighted by Gasteiger charge is 2.38. The molecule has 1 atom stereocenters. The zero-order valence-electron chi connectivity index (χ0n) is 20.0. The Morgan fingerprint density at radius 1 is 1.18 bits per heavy atom. The number of nitrogens with one attached hydrogen (secondary N) is 2. The highest BCUT2D eigenvalue weighted by molar-refractivity contribution is 5.96. The molecule has 0 radical (unpaired) electrons. The largest absolute Gasteiger partial charge is 0.453 e. The molecule has 0 spiro atoms. The topological polar surface area (TPSA) is 119 Å². The van der Waals surface area contributed by atoms with Gasteiger partial charge in [-0.3, -0.25) is 10.1 Å². The van der Waals surface area contributed by atoms with Crippen molar-refractivity contribution in [2.45, 2.75) is 62.9 Å². The summed E-state index contributed by atoms with van der Waals surface area (Å²) in [4.78, 5) is 34.4. The number of alkyl carbamates (subject to hydrolysis) is 1. The minimum absolute atomic E-state index is 0.246. The molecule has 0 bridgehead atoms. The van der Waals surface area contributed by atoms with Crippen molar-refractivity contribution >= 4 is 18.0 Å². The van der Waals surface area contributed by atoms with E-state index in [1.165, 1.54) is 13.5 Å². The van der Waals surface area contributed by atoms with E-state index < -0.39 is 17.7 Å². The Balaban J connectivity index is 1.83. The molecule has 10 heteroatoms. The van der Waals surface area contributed by atoms with Crippen LogP contribution in [0.5, 0.6) is 0 Å². The summed E-state index contributed by atoms with van der Waals surface area (Å²) in [5, 5.41) is 15.6. The van der Waals surface area contributed by atoms with Gasteiger partial charge in [0.2, 0.25) is 11.9 Å². The van der Waals surface area contributed by atoms with Crippen LogP contribution >= 0.6 is 0 Å². The molecule has 3 rings (SSSR count). The number of methoxy groups -OCH3 is 1. The van der Waals surface area contributed by atoms with Gasteiger partial charge >= 0.3 is 6.09 Å². The van der Waals surface area contributed by atoms with Gasteiger partial charge in [-0.25, -0.2) is 9.79 Å². The quantitative estimate of drug-likeness (QED) is 0.469. The van der Waals surface area contributed by atoms with Crippen molar-refractivity contribution in [3.63, 3.8) is 0 Å². The van der Waals surface area contributed by atoms with E-state index in [-0.39, 0.29) is 5.91 Å². The smallest absolute Gasteiger partial charge is 0.413 e. The SMILES string of the molecule is COC(=O)NC(=NC(CC1CCCCC1)C(=O)NC1(C#N)CCN(C)CC1)N1CCOCC1. The van der Waals surface area contributed by atoms with Crippen molar-refractivity contribution in [3.05, 3.63) is 0 Å². The highest BCUT2D eigenvalue weighted by Crippen LogP contribution is 2.29. The fraction of sp³-hybridized carbons (Fsp3) is 0.826. The van der Waals surface area contributed by atoms with Gasteiger partial charge in [0.1, 0.15) is 11.6 Å². The van der Waals surface area contributed by atoms with E-state index in [0.29, 0.717) is 57.4 Å². The number of amides is 2. The van der Waals surface area contributed by atoms with Crippen molar-refractivity contribution in [2.24, 2.45) is 10.9 Å². The van der Waals surface area contributed by atoms with E-state index in [2.05, 4.69) is 21.6 Å². The van der Waals surface area contributed by atoms with Crippen LogP contribution in [0, 0.1) is 17.2 Å². The van der Waals surface area contributed by atoms with E-state index in [4.69, 9.17) is 14.5 Å². The minimum Gasteiger partial charge on any atom is -0.453 e. The van der Waals surface area contributed by atoms with Crippen LogP contribution in [-0.2, 0) is 14.3 Å². The summed E-state index contributed by atoms with van der Waals surface area (Å²) in [5.74, 6) is 0.484. The molecule has 2 amide bonds. The fourth-order valence-corrected chi connectivity index (χ4v) is 4.80. The molecule has 1 unspecified atom stereocenters. The van der Waals surface area contributed by atoms with E-state index in [1.807, 2.05) is 11.9 Å². The molecule has 2 heterocycles. The highest BCUT2D eigenvalue weighted by atomic mass is 16.5. The number of likely N-dealkylation sites (tertiary alicyclic amines) is 1. The lowest BCUT2D eigenvalue weighted by atomic mass is 9.84. The number of piperidine rings is 1. The van der Waals surface area contributed by atoms with Crippen molar-refractivity contribution in [3.8, 4) is 6.07 Å². The number of rotatable bonds is 5. The second-order valence-corrected chi connectivity index (χ2v) is 9.41. The Bertz CT molecular complexity index is 732. The average Bonchev–Trinajstić information content (AvgIpc) is 2.85. The van der Waals surface area contributed by atoms with Gasteiger partial charge in [-0.05, 0) is 32.2 Å². The Morgan fingerprint density at radius 2 is 1.85 bits per heavy atom. The van der Waals surface area contributed by atoms with E-state index in [9.17, 15) is 14.9 Å². The Morgan fingerprint density at radius 3 is 2.45 bits per heavy atom. The number of ether oxygens (including phenoxy) is 2. The molecule has 184 valence electrons. The van der Waals surface area contributed by atoms with Gasteiger partial charge < -0.3 is 24.6 Å². The summed E-state index contributed by atoms with van der Waals surface area (Å²) >= 11 is 0. The third-order valence-electron chi connectivity index (χ3n) is 6.99. The fourth-order valence-electron chi connectivity index (χ4n) is 4.80. The van der Waals surface area contributed by atoms with Crippen LogP contribution < -0.4 is 10.6 Å². The van der Waals surface area contributed by atoms with Crippen LogP contribution in [0.25, 0.3) is 0 Å². The molecule has 0 aromatic rings. The Labute approximate surface area is 196 Å². The molecule has 3 fully saturated rings. The molecule has 0 aromatic carbocycles. The van der Waals surface area contributed by atoms with Crippen LogP contribution in [0.4, 0.5) is 4.79 Å². The minimum atomic E-state index is -0.876. The predicted molar refractivity (Wildman–Crippen MR) is 124 cm³/mol. The maximum atomic E-state index is 13.5. The lowest BCUT2D eigenvalue weighted by Gasteiger charge is -2.37. The van der Waals surface area contributed by atoms with E-state index >= 15 is 0 Å². The third kappa shape index (κ3) is 7.30. The van der Waals surface area contributed by atoms with Gasteiger partial charge in [-0.2, -0.15) is 5.26 Å². The van der Waals surface area contributed by atoms with Crippen molar-refractivity contribution < 1.29 is 19.1 Å². The number of carbonyl (C=O) groups excluding carboxylic acids is 2. The molecular weight excluding hydrogens is 424 g/mol. The van der Waals surface area contributed by atoms with Crippen LogP contribution in [0.2, 0.25) is 0 Å². The number of hydrogen-bond acceptors (Lipinski definition) is 7. The lowest BCUT2D eigenvalue weighted by Crippen LogP contribution is -2.56. The van der Waals surface area contributed by atoms with E-state index in [1.54, 1.807) is 0 Å². The standard InChI is InChI=1S/C23H38N6O4/c1-28-10-8-23(17-24,9-11-28)27-20(30)19(16-18-6-4-3-5-7-18)25-21(26-22(31)32-2)29-12-14-33-15-13-29/h18-19H,3-16H2,1-2H3,(H,27,30)(H,25,26,31).